The number of hydrogen-bond donors (Lipinski definition) is 2. The zero-order chi connectivity index (χ0) is 37.4. The second kappa shape index (κ2) is 19.9. The number of amides is 2. The van der Waals surface area contributed by atoms with Crippen LogP contribution in [-0.4, -0.2) is 62.1 Å². The molecule has 0 fully saturated rings. The van der Waals surface area contributed by atoms with Gasteiger partial charge in [0.15, 0.2) is 0 Å². The quantitative estimate of drug-likeness (QED) is 0.0547. The van der Waals surface area contributed by atoms with Gasteiger partial charge in [0.1, 0.15) is 13.1 Å². The van der Waals surface area contributed by atoms with Crippen molar-refractivity contribution in [2.24, 2.45) is 0 Å². The average Bonchev–Trinajstić information content (AvgIpc) is 3.12. The van der Waals surface area contributed by atoms with E-state index >= 15 is 0 Å². The number of carbonyl (C=O) groups is 2. The van der Waals surface area contributed by atoms with Crippen LogP contribution in [0.2, 0.25) is 0 Å². The van der Waals surface area contributed by atoms with E-state index < -0.39 is 0 Å². The van der Waals surface area contributed by atoms with Crippen LogP contribution in [-0.2, 0) is 13.1 Å². The molecule has 52 heavy (non-hydrogen) atoms. The average molecular weight is 703 g/mol. The fraction of sp³-hybridized carbons (Fsp3) is 0.391. The lowest BCUT2D eigenvalue weighted by molar-refractivity contribution is -0.903. The van der Waals surface area contributed by atoms with Gasteiger partial charge in [-0.2, -0.15) is 0 Å². The molecule has 0 aromatic heterocycles. The smallest absolute Gasteiger partial charge is 0.255 e. The molecule has 6 nitrogen and oxygen atoms in total. The second-order valence-electron chi connectivity index (χ2n) is 15.6. The molecule has 2 amide bonds. The minimum absolute atomic E-state index is 0.112. The van der Waals surface area contributed by atoms with E-state index in [2.05, 4.69) is 76.9 Å². The van der Waals surface area contributed by atoms with E-state index in [1.54, 1.807) is 0 Å². The van der Waals surface area contributed by atoms with Crippen LogP contribution in [0, 0.1) is 0 Å². The molecule has 4 rings (SSSR count). The summed E-state index contributed by atoms with van der Waals surface area (Å²) in [6.07, 6.45) is 14.3. The zero-order valence-electron chi connectivity index (χ0n) is 32.6. The fourth-order valence-corrected chi connectivity index (χ4v) is 6.56. The summed E-state index contributed by atoms with van der Waals surface area (Å²) >= 11 is 0. The van der Waals surface area contributed by atoms with Gasteiger partial charge in [-0.25, -0.2) is 0 Å². The van der Waals surface area contributed by atoms with Gasteiger partial charge in [-0.05, 0) is 85.3 Å². The molecule has 0 bridgehead atoms. The molecule has 4 aromatic carbocycles. The van der Waals surface area contributed by atoms with Crippen molar-refractivity contribution in [2.45, 2.75) is 78.3 Å². The summed E-state index contributed by atoms with van der Waals surface area (Å²) in [6.45, 7) is 8.72. The molecule has 276 valence electrons. The van der Waals surface area contributed by atoms with E-state index in [0.717, 1.165) is 57.6 Å². The number of quaternary nitrogens is 2. The van der Waals surface area contributed by atoms with Crippen molar-refractivity contribution in [3.8, 4) is 0 Å². The van der Waals surface area contributed by atoms with Gasteiger partial charge in [0.2, 0.25) is 0 Å². The molecule has 0 saturated carbocycles. The van der Waals surface area contributed by atoms with Crippen LogP contribution in [0.25, 0.3) is 12.2 Å². The van der Waals surface area contributed by atoms with E-state index in [0.29, 0.717) is 11.1 Å². The van der Waals surface area contributed by atoms with Gasteiger partial charge in [0.25, 0.3) is 11.8 Å². The highest BCUT2D eigenvalue weighted by molar-refractivity contribution is 6.05. The predicted octanol–water partition coefficient (Wildman–Crippen LogP) is 10.7. The van der Waals surface area contributed by atoms with Gasteiger partial charge in [-0.1, -0.05) is 100 Å². The topological polar surface area (TPSA) is 58.2 Å². The predicted molar refractivity (Wildman–Crippen MR) is 220 cm³/mol. The molecule has 0 atom stereocenters. The highest BCUT2D eigenvalue weighted by Gasteiger charge is 2.17. The number of carbonyl (C=O) groups excluding carboxylic acids is 2. The normalized spacial score (nSPS) is 11.9. The Kier molecular flexibility index (Phi) is 15.4. The Labute approximate surface area is 313 Å². The molecule has 0 radical (unpaired) electrons. The Morgan fingerprint density at radius 3 is 1.15 bits per heavy atom. The largest absolute Gasteiger partial charge is 0.325 e. The molecule has 0 saturated heterocycles. The number of benzene rings is 4. The molecule has 4 aromatic rings. The molecule has 0 aliphatic rings. The Balaban J connectivity index is 1.22. The number of rotatable bonds is 20. The molecular weight excluding hydrogens is 641 g/mol. The molecule has 0 aliphatic carbocycles. The molecule has 0 unspecified atom stereocenters. The van der Waals surface area contributed by atoms with Crippen molar-refractivity contribution in [2.75, 3.05) is 51.9 Å². The van der Waals surface area contributed by atoms with Gasteiger partial charge in [0.05, 0.1) is 41.3 Å². The SMILES string of the molecule is CCCCCC[N+](C)(C)Cc1ccc(C(=O)Nc2ccc(C=Cc3ccc(NC(=O)c4ccc(C[N+](C)(C)CCCCCC)cc4)cc3)cc2)cc1. The lowest BCUT2D eigenvalue weighted by atomic mass is 10.1. The molecule has 6 heteroatoms. The summed E-state index contributed by atoms with van der Waals surface area (Å²) in [6, 6.07) is 31.6. The van der Waals surface area contributed by atoms with Gasteiger partial charge in [0, 0.05) is 33.6 Å². The summed E-state index contributed by atoms with van der Waals surface area (Å²) < 4.78 is 1.90. The first-order valence-corrected chi connectivity index (χ1v) is 19.3. The highest BCUT2D eigenvalue weighted by atomic mass is 16.2. The molecule has 0 spiro atoms. The monoisotopic (exact) mass is 702 g/mol. The van der Waals surface area contributed by atoms with Gasteiger partial charge >= 0.3 is 0 Å². The molecule has 2 N–H and O–H groups in total. The van der Waals surface area contributed by atoms with Crippen LogP contribution in [0.3, 0.4) is 0 Å². The standard InChI is InChI=1S/C46H60N4O2/c1-7-9-11-13-33-49(3,4)35-39-17-25-41(26-18-39)45(51)47-43-29-21-37(22-30-43)15-16-38-23-31-44(32-24-38)48-46(52)42-27-19-40(20-28-42)36-50(5,6)34-14-12-10-8-2/h15-32H,7-14,33-36H2,1-6H3/p+2. The summed E-state index contributed by atoms with van der Waals surface area (Å²) in [5.41, 5.74) is 7.36. The fourth-order valence-electron chi connectivity index (χ4n) is 6.56. The van der Waals surface area contributed by atoms with Gasteiger partial charge in [-0.3, -0.25) is 9.59 Å². The molecule has 0 heterocycles. The van der Waals surface area contributed by atoms with Crippen LogP contribution in [0.5, 0.6) is 0 Å². The van der Waals surface area contributed by atoms with Crippen LogP contribution in [0.4, 0.5) is 11.4 Å². The van der Waals surface area contributed by atoms with E-state index in [1.165, 1.54) is 62.5 Å². The number of unbranched alkanes of at least 4 members (excludes halogenated alkanes) is 6. The Hall–Kier alpha value is -4.52. The maximum atomic E-state index is 12.9. The summed E-state index contributed by atoms with van der Waals surface area (Å²) in [5.74, 6) is -0.224. The molecule has 0 aliphatic heterocycles. The van der Waals surface area contributed by atoms with Gasteiger partial charge < -0.3 is 19.6 Å². The van der Waals surface area contributed by atoms with Gasteiger partial charge in [-0.15, -0.1) is 0 Å². The summed E-state index contributed by atoms with van der Waals surface area (Å²) in [4.78, 5) is 25.9. The minimum Gasteiger partial charge on any atom is -0.325 e. The van der Waals surface area contributed by atoms with Crippen LogP contribution < -0.4 is 10.6 Å². The van der Waals surface area contributed by atoms with E-state index in [4.69, 9.17) is 0 Å². The number of nitrogens with zero attached hydrogens (tertiary/aromatic N) is 2. The van der Waals surface area contributed by atoms with Crippen LogP contribution in [0.15, 0.2) is 97.1 Å². The maximum absolute atomic E-state index is 12.9. The first kappa shape index (κ1) is 40.3. The minimum atomic E-state index is -0.112. The first-order valence-electron chi connectivity index (χ1n) is 19.3. The summed E-state index contributed by atoms with van der Waals surface area (Å²) in [5, 5.41) is 6.04. The van der Waals surface area contributed by atoms with Crippen LogP contribution in [0.1, 0.15) is 108 Å². The Morgan fingerprint density at radius 2 is 0.827 bits per heavy atom. The van der Waals surface area contributed by atoms with E-state index in [1.807, 2.05) is 84.9 Å². The van der Waals surface area contributed by atoms with Crippen molar-refractivity contribution in [3.05, 3.63) is 130 Å². The van der Waals surface area contributed by atoms with Crippen molar-refractivity contribution in [1.82, 2.24) is 0 Å². The van der Waals surface area contributed by atoms with Crippen molar-refractivity contribution < 1.29 is 18.6 Å². The van der Waals surface area contributed by atoms with Crippen molar-refractivity contribution in [3.63, 3.8) is 0 Å². The van der Waals surface area contributed by atoms with E-state index in [9.17, 15) is 9.59 Å². The third-order valence-electron chi connectivity index (χ3n) is 9.69. The summed E-state index contributed by atoms with van der Waals surface area (Å²) in [7, 11) is 9.11. The third kappa shape index (κ3) is 13.9. The first-order chi connectivity index (χ1) is 24.9. The Morgan fingerprint density at radius 1 is 0.481 bits per heavy atom. The van der Waals surface area contributed by atoms with Crippen molar-refractivity contribution >= 4 is 35.3 Å². The highest BCUT2D eigenvalue weighted by Crippen LogP contribution is 2.19. The van der Waals surface area contributed by atoms with E-state index in [-0.39, 0.29) is 11.8 Å². The third-order valence-corrected chi connectivity index (χ3v) is 9.69. The number of hydrogen-bond acceptors (Lipinski definition) is 2. The molecular formula is C46H62N4O2+2. The van der Waals surface area contributed by atoms with Crippen LogP contribution >= 0.6 is 0 Å². The maximum Gasteiger partial charge on any atom is 0.255 e. The van der Waals surface area contributed by atoms with Crippen molar-refractivity contribution in [1.29, 1.82) is 0 Å². The lowest BCUT2D eigenvalue weighted by Gasteiger charge is -2.30. The number of anilines is 2. The number of nitrogens with one attached hydrogen (secondary N) is 2. The zero-order valence-corrected chi connectivity index (χ0v) is 32.6. The lowest BCUT2D eigenvalue weighted by Crippen LogP contribution is -2.39. The Bertz CT molecular complexity index is 1580. The second-order valence-corrected chi connectivity index (χ2v) is 15.6.